The number of nitrogens with zero attached hydrogens (tertiary/aromatic N) is 5. The summed E-state index contributed by atoms with van der Waals surface area (Å²) in [6.07, 6.45) is 0. The summed E-state index contributed by atoms with van der Waals surface area (Å²) in [6, 6.07) is 15.8. The van der Waals surface area contributed by atoms with Crippen LogP contribution in [0.15, 0.2) is 59.1 Å². The lowest BCUT2D eigenvalue weighted by Crippen LogP contribution is -2.45. The Balaban J connectivity index is 1.16. The highest BCUT2D eigenvalue weighted by Crippen LogP contribution is 2.40. The van der Waals surface area contributed by atoms with Crippen LogP contribution in [0.2, 0.25) is 15.1 Å². The third-order valence-electron chi connectivity index (χ3n) is 7.08. The second-order valence-corrected chi connectivity index (χ2v) is 11.4. The van der Waals surface area contributed by atoms with E-state index in [-0.39, 0.29) is 24.3 Å². The molecule has 1 aliphatic rings. The molecule has 1 aliphatic heterocycles. The molecule has 0 saturated carbocycles. The molecular weight excluding hydrogens is 590 g/mol. The van der Waals surface area contributed by atoms with Crippen molar-refractivity contribution in [3.63, 3.8) is 0 Å². The van der Waals surface area contributed by atoms with Gasteiger partial charge >= 0.3 is 0 Å². The minimum Gasteiger partial charge on any atom is -0.489 e. The van der Waals surface area contributed by atoms with E-state index in [1.807, 2.05) is 32.0 Å². The molecule has 1 N–H and O–H groups in total. The molecule has 3 aromatic carbocycles. The number of nitrogens with one attached hydrogen (secondary N) is 1. The van der Waals surface area contributed by atoms with Crippen molar-refractivity contribution in [2.24, 2.45) is 0 Å². The second kappa shape index (κ2) is 11.3. The predicted octanol–water partition coefficient (Wildman–Crippen LogP) is 7.93. The summed E-state index contributed by atoms with van der Waals surface area (Å²) in [4.78, 5) is 2.14. The highest BCUT2D eigenvalue weighted by Gasteiger charge is 2.31. The first kappa shape index (κ1) is 27.5. The number of anilines is 1. The van der Waals surface area contributed by atoms with Gasteiger partial charge in [0.05, 0.1) is 26.3 Å². The predicted molar refractivity (Wildman–Crippen MR) is 156 cm³/mol. The number of halogens is 4. The Kier molecular flexibility index (Phi) is 7.59. The van der Waals surface area contributed by atoms with E-state index in [4.69, 9.17) is 44.1 Å². The van der Waals surface area contributed by atoms with Gasteiger partial charge in [0, 0.05) is 42.1 Å². The second-order valence-electron chi connectivity index (χ2n) is 10.2. The Hall–Kier alpha value is -3.66. The molecule has 0 amide bonds. The van der Waals surface area contributed by atoms with Crippen LogP contribution >= 0.6 is 34.8 Å². The lowest BCUT2D eigenvalue weighted by Gasteiger charge is -2.42. The van der Waals surface area contributed by atoms with E-state index in [0.29, 0.717) is 62.3 Å². The lowest BCUT2D eigenvalue weighted by molar-refractivity contribution is 0.298. The number of aromatic amines is 1. The monoisotopic (exact) mass is 612 g/mol. The average molecular weight is 614 g/mol. The quantitative estimate of drug-likeness (QED) is 0.190. The van der Waals surface area contributed by atoms with Gasteiger partial charge in [0.15, 0.2) is 5.82 Å². The van der Waals surface area contributed by atoms with Gasteiger partial charge in [0.1, 0.15) is 29.6 Å². The van der Waals surface area contributed by atoms with Crippen molar-refractivity contribution < 1.29 is 13.7 Å². The molecule has 0 spiro atoms. The third kappa shape index (κ3) is 5.49. The molecule has 3 heterocycles. The van der Waals surface area contributed by atoms with Crippen LogP contribution < -0.4 is 9.64 Å². The largest absolute Gasteiger partial charge is 0.489 e. The summed E-state index contributed by atoms with van der Waals surface area (Å²) >= 11 is 19.6. The zero-order valence-electron chi connectivity index (χ0n) is 22.0. The number of aromatic nitrogens is 5. The van der Waals surface area contributed by atoms with E-state index in [1.165, 1.54) is 6.07 Å². The minimum atomic E-state index is -0.333. The van der Waals surface area contributed by atoms with Crippen molar-refractivity contribution in [2.45, 2.75) is 32.3 Å². The third-order valence-corrected chi connectivity index (χ3v) is 8.01. The summed E-state index contributed by atoms with van der Waals surface area (Å²) in [5, 5.41) is 19.5. The van der Waals surface area contributed by atoms with Crippen LogP contribution in [-0.4, -0.2) is 38.9 Å². The molecule has 6 rings (SSSR count). The SMILES string of the molecule is CC(C)c1onc(-c2c(Cl)cccc2Cl)c1COc1ccc(N2CC(c3cc(F)cc(-c4nnn[nH]4)c3)C2)c(Cl)c1. The van der Waals surface area contributed by atoms with Crippen LogP contribution in [0.25, 0.3) is 22.6 Å². The molecule has 210 valence electrons. The number of ether oxygens (including phenoxy) is 1. The first-order valence-corrected chi connectivity index (χ1v) is 14.1. The fraction of sp³-hybridized carbons (Fsp3) is 0.241. The van der Waals surface area contributed by atoms with Gasteiger partial charge in [-0.1, -0.05) is 59.9 Å². The van der Waals surface area contributed by atoms with Crippen LogP contribution in [-0.2, 0) is 6.61 Å². The van der Waals surface area contributed by atoms with E-state index in [9.17, 15) is 4.39 Å². The zero-order valence-corrected chi connectivity index (χ0v) is 24.3. The lowest BCUT2D eigenvalue weighted by atomic mass is 9.89. The van der Waals surface area contributed by atoms with Gasteiger partial charge in [-0.2, -0.15) is 0 Å². The standard InChI is InChI=1S/C29H24Cl3FN6O2/c1-15(2)28-21(27(36-41-28)26-22(30)4-3-5-23(26)31)14-40-20-6-7-25(24(32)11-20)39-12-18(13-39)16-8-17(10-19(33)9-16)29-34-37-38-35-29/h3-11,15,18H,12-14H2,1-2H3,(H,34,35,37,38). The van der Waals surface area contributed by atoms with Gasteiger partial charge in [-0.05, 0) is 58.5 Å². The van der Waals surface area contributed by atoms with Crippen LogP contribution in [0, 0.1) is 5.82 Å². The minimum absolute atomic E-state index is 0.0722. The van der Waals surface area contributed by atoms with Crippen LogP contribution in [0.5, 0.6) is 5.75 Å². The normalized spacial score (nSPS) is 13.6. The number of benzene rings is 3. The van der Waals surface area contributed by atoms with Gasteiger partial charge in [0.25, 0.3) is 0 Å². The van der Waals surface area contributed by atoms with E-state index >= 15 is 0 Å². The Morgan fingerprint density at radius 3 is 2.51 bits per heavy atom. The average Bonchev–Trinajstić information content (AvgIpc) is 3.58. The fourth-order valence-corrected chi connectivity index (χ4v) is 5.84. The molecule has 41 heavy (non-hydrogen) atoms. The van der Waals surface area contributed by atoms with Crippen molar-refractivity contribution in [3.05, 3.63) is 92.4 Å². The summed E-state index contributed by atoms with van der Waals surface area (Å²) in [5.41, 5.74) is 4.30. The maximum absolute atomic E-state index is 14.3. The molecule has 0 atom stereocenters. The first-order chi connectivity index (χ1) is 19.8. The molecule has 0 aliphatic carbocycles. The Bertz CT molecular complexity index is 1680. The highest BCUT2D eigenvalue weighted by molar-refractivity contribution is 6.39. The Labute approximate surface area is 250 Å². The first-order valence-electron chi connectivity index (χ1n) is 12.9. The van der Waals surface area contributed by atoms with Crippen molar-refractivity contribution in [1.29, 1.82) is 0 Å². The summed E-state index contributed by atoms with van der Waals surface area (Å²) in [6.45, 7) is 5.61. The number of hydrogen-bond donors (Lipinski definition) is 1. The maximum atomic E-state index is 14.3. The molecule has 0 bridgehead atoms. The molecule has 0 radical (unpaired) electrons. The Morgan fingerprint density at radius 2 is 1.83 bits per heavy atom. The van der Waals surface area contributed by atoms with Crippen molar-refractivity contribution in [2.75, 3.05) is 18.0 Å². The number of rotatable bonds is 8. The molecule has 1 saturated heterocycles. The van der Waals surface area contributed by atoms with Crippen LogP contribution in [0.3, 0.4) is 0 Å². The summed E-state index contributed by atoms with van der Waals surface area (Å²) < 4.78 is 26.1. The molecule has 12 heteroatoms. The molecule has 2 aromatic heterocycles. The van der Waals surface area contributed by atoms with Gasteiger partial charge in [-0.15, -0.1) is 5.10 Å². The van der Waals surface area contributed by atoms with Gasteiger partial charge in [-0.25, -0.2) is 9.49 Å². The van der Waals surface area contributed by atoms with Gasteiger partial charge in [-0.3, -0.25) is 0 Å². The van der Waals surface area contributed by atoms with E-state index in [0.717, 1.165) is 16.8 Å². The van der Waals surface area contributed by atoms with Gasteiger partial charge < -0.3 is 14.2 Å². The van der Waals surface area contributed by atoms with Crippen LogP contribution in [0.4, 0.5) is 10.1 Å². The maximum Gasteiger partial charge on any atom is 0.179 e. The summed E-state index contributed by atoms with van der Waals surface area (Å²) in [7, 11) is 0. The van der Waals surface area contributed by atoms with Crippen molar-refractivity contribution in [1.82, 2.24) is 25.8 Å². The van der Waals surface area contributed by atoms with E-state index in [2.05, 4.69) is 30.7 Å². The Morgan fingerprint density at radius 1 is 1.05 bits per heavy atom. The van der Waals surface area contributed by atoms with E-state index in [1.54, 1.807) is 30.3 Å². The van der Waals surface area contributed by atoms with Crippen molar-refractivity contribution >= 4 is 40.5 Å². The number of tetrazole rings is 1. The molecule has 1 fully saturated rings. The summed E-state index contributed by atoms with van der Waals surface area (Å²) in [5.74, 6) is 1.60. The zero-order chi connectivity index (χ0) is 28.7. The molecule has 0 unspecified atom stereocenters. The molecule has 5 aromatic rings. The highest BCUT2D eigenvalue weighted by atomic mass is 35.5. The molecule has 8 nitrogen and oxygen atoms in total. The topological polar surface area (TPSA) is 93.0 Å². The fourth-order valence-electron chi connectivity index (χ4n) is 4.98. The number of hydrogen-bond acceptors (Lipinski definition) is 7. The van der Waals surface area contributed by atoms with Crippen LogP contribution in [0.1, 0.15) is 42.6 Å². The molecular formula is C29H24Cl3FN6O2. The van der Waals surface area contributed by atoms with E-state index < -0.39 is 0 Å². The smallest absolute Gasteiger partial charge is 0.179 e. The van der Waals surface area contributed by atoms with Crippen molar-refractivity contribution in [3.8, 4) is 28.4 Å². The number of H-pyrrole nitrogens is 1. The van der Waals surface area contributed by atoms with Gasteiger partial charge in [0.2, 0.25) is 0 Å².